The molecule has 1 aromatic rings. The highest BCUT2D eigenvalue weighted by atomic mass is 16.4. The molecule has 0 aliphatic carbocycles. The minimum atomic E-state index is 0.304. The molecule has 2 N–H and O–H groups in total. The fourth-order valence-electron chi connectivity index (χ4n) is 1.29. The van der Waals surface area contributed by atoms with E-state index in [9.17, 15) is 0 Å². The van der Waals surface area contributed by atoms with Crippen molar-refractivity contribution < 1.29 is 10.4 Å². The summed E-state index contributed by atoms with van der Waals surface area (Å²) in [5.74, 6) is 0. The van der Waals surface area contributed by atoms with E-state index < -0.39 is 0 Å². The maximum absolute atomic E-state index is 8.68. The van der Waals surface area contributed by atoms with Gasteiger partial charge in [-0.2, -0.15) is 0 Å². The van der Waals surface area contributed by atoms with Crippen molar-refractivity contribution in [2.45, 2.75) is 6.92 Å². The smallest absolute Gasteiger partial charge is 0.247 e. The zero-order chi connectivity index (χ0) is 10.0. The van der Waals surface area contributed by atoms with Crippen LogP contribution in [0.4, 0.5) is 0 Å². The number of aromatic nitrogens is 2. The molecule has 6 nitrogen and oxygen atoms in total. The van der Waals surface area contributed by atoms with Crippen molar-refractivity contribution in [3.63, 3.8) is 0 Å². The zero-order valence-corrected chi connectivity index (χ0v) is 7.76. The SMILES string of the molecule is Cc1cn(C)/c(=N/O)n(C)/c1=N/O. The summed E-state index contributed by atoms with van der Waals surface area (Å²) in [6.45, 7) is 1.80. The first-order chi connectivity index (χ1) is 6.11. The fraction of sp³-hybridized carbons (Fsp3) is 0.429. The average molecular weight is 184 g/mol. The first-order valence-electron chi connectivity index (χ1n) is 3.71. The number of hydrogen-bond acceptors (Lipinski definition) is 4. The van der Waals surface area contributed by atoms with E-state index >= 15 is 0 Å². The Balaban J connectivity index is 3.81. The van der Waals surface area contributed by atoms with Gasteiger partial charge in [-0.1, -0.05) is 10.3 Å². The molecule has 72 valence electrons. The highest BCUT2D eigenvalue weighted by molar-refractivity contribution is 5.00. The maximum Gasteiger partial charge on any atom is 0.247 e. The molecule has 0 unspecified atom stereocenters. The molecule has 0 aliphatic heterocycles. The molecule has 0 fully saturated rings. The van der Waals surface area contributed by atoms with Crippen LogP contribution in [0.15, 0.2) is 16.5 Å². The summed E-state index contributed by atoms with van der Waals surface area (Å²) in [4.78, 5) is 0. The Morgan fingerprint density at radius 1 is 1.23 bits per heavy atom. The van der Waals surface area contributed by atoms with E-state index in [1.807, 2.05) is 0 Å². The summed E-state index contributed by atoms with van der Waals surface area (Å²) in [7, 11) is 3.39. The largest absolute Gasteiger partial charge is 0.409 e. The molecule has 0 saturated heterocycles. The first-order valence-corrected chi connectivity index (χ1v) is 3.71. The highest BCUT2D eigenvalue weighted by Gasteiger charge is 1.99. The van der Waals surface area contributed by atoms with Crippen LogP contribution >= 0.6 is 0 Å². The van der Waals surface area contributed by atoms with Gasteiger partial charge >= 0.3 is 0 Å². The molecule has 1 rings (SSSR count). The summed E-state index contributed by atoms with van der Waals surface area (Å²) >= 11 is 0. The molecule has 0 atom stereocenters. The summed E-state index contributed by atoms with van der Waals surface area (Å²) < 4.78 is 3.11. The van der Waals surface area contributed by atoms with Crippen LogP contribution in [0.5, 0.6) is 0 Å². The first kappa shape index (κ1) is 9.37. The second-order valence-electron chi connectivity index (χ2n) is 2.81. The Hall–Kier alpha value is -1.72. The van der Waals surface area contributed by atoms with Crippen LogP contribution in [0.25, 0.3) is 0 Å². The van der Waals surface area contributed by atoms with Crippen molar-refractivity contribution in [2.75, 3.05) is 0 Å². The summed E-state index contributed by atoms with van der Waals surface area (Å²) in [5, 5.41) is 23.5. The molecule has 0 radical (unpaired) electrons. The second kappa shape index (κ2) is 3.34. The van der Waals surface area contributed by atoms with Crippen LogP contribution in [0, 0.1) is 6.92 Å². The van der Waals surface area contributed by atoms with Crippen LogP contribution in [-0.2, 0) is 14.1 Å². The summed E-state index contributed by atoms with van der Waals surface area (Å²) in [6, 6.07) is 0. The van der Waals surface area contributed by atoms with Crippen LogP contribution in [0.3, 0.4) is 0 Å². The lowest BCUT2D eigenvalue weighted by molar-refractivity contribution is 0.274. The molecule has 1 heterocycles. The van der Waals surface area contributed by atoms with Gasteiger partial charge in [-0.05, 0) is 6.92 Å². The van der Waals surface area contributed by atoms with Crippen LogP contribution in [0.2, 0.25) is 0 Å². The predicted octanol–water partition coefficient (Wildman–Crippen LogP) is -0.748. The van der Waals surface area contributed by atoms with E-state index in [4.69, 9.17) is 10.4 Å². The van der Waals surface area contributed by atoms with Gasteiger partial charge in [-0.15, -0.1) is 0 Å². The average Bonchev–Trinajstić information content (AvgIpc) is 2.04. The van der Waals surface area contributed by atoms with Crippen molar-refractivity contribution >= 4 is 0 Å². The van der Waals surface area contributed by atoms with E-state index in [1.165, 1.54) is 4.57 Å². The lowest BCUT2D eigenvalue weighted by atomic mass is 10.4. The molecular formula is C7H12N4O2. The van der Waals surface area contributed by atoms with Gasteiger partial charge in [0.25, 0.3) is 0 Å². The van der Waals surface area contributed by atoms with E-state index in [0.29, 0.717) is 11.1 Å². The van der Waals surface area contributed by atoms with Gasteiger partial charge in [-0.3, -0.25) is 4.57 Å². The van der Waals surface area contributed by atoms with E-state index in [1.54, 1.807) is 31.8 Å². The Morgan fingerprint density at radius 3 is 2.31 bits per heavy atom. The molecule has 1 aromatic heterocycles. The van der Waals surface area contributed by atoms with Gasteiger partial charge in [0.2, 0.25) is 5.62 Å². The fourth-order valence-corrected chi connectivity index (χ4v) is 1.29. The molecule has 0 aliphatic rings. The quantitative estimate of drug-likeness (QED) is 0.411. The number of aryl methyl sites for hydroxylation is 2. The lowest BCUT2D eigenvalue weighted by Crippen LogP contribution is -2.39. The monoisotopic (exact) mass is 184 g/mol. The molecule has 0 amide bonds. The third kappa shape index (κ3) is 1.42. The maximum atomic E-state index is 8.68. The molecule has 0 saturated carbocycles. The second-order valence-corrected chi connectivity index (χ2v) is 2.81. The third-order valence-electron chi connectivity index (χ3n) is 1.86. The van der Waals surface area contributed by atoms with Crippen LogP contribution in [0.1, 0.15) is 5.56 Å². The topological polar surface area (TPSA) is 75.0 Å². The Bertz CT molecular complexity index is 403. The van der Waals surface area contributed by atoms with Gasteiger partial charge in [0, 0.05) is 25.9 Å². The molecule has 0 bridgehead atoms. The van der Waals surface area contributed by atoms with Gasteiger partial charge in [0.1, 0.15) is 0 Å². The molecule has 0 aromatic carbocycles. The van der Waals surface area contributed by atoms with Gasteiger partial charge in [0.05, 0.1) is 0 Å². The Morgan fingerprint density at radius 2 is 1.85 bits per heavy atom. The summed E-state index contributed by atoms with van der Waals surface area (Å²) in [5.41, 5.74) is 1.46. The van der Waals surface area contributed by atoms with Crippen molar-refractivity contribution in [3.8, 4) is 0 Å². The number of hydrogen-bond donors (Lipinski definition) is 2. The van der Waals surface area contributed by atoms with Crippen molar-refractivity contribution in [3.05, 3.63) is 22.9 Å². The van der Waals surface area contributed by atoms with Crippen LogP contribution < -0.4 is 11.1 Å². The summed E-state index contributed by atoms with van der Waals surface area (Å²) in [6.07, 6.45) is 1.71. The molecule has 13 heavy (non-hydrogen) atoms. The van der Waals surface area contributed by atoms with Crippen molar-refractivity contribution in [1.82, 2.24) is 9.13 Å². The molecule has 0 spiro atoms. The standard InChI is InChI=1S/C7H12N4O2/c1-5-4-10(2)7(9-13)11(3)6(5)8-12/h4,12-13H,1-3H3/b8-6+,9-7-. The van der Waals surface area contributed by atoms with Gasteiger partial charge in [0.15, 0.2) is 5.49 Å². The van der Waals surface area contributed by atoms with Gasteiger partial charge < -0.3 is 15.0 Å². The zero-order valence-electron chi connectivity index (χ0n) is 7.76. The van der Waals surface area contributed by atoms with E-state index in [2.05, 4.69) is 10.3 Å². The van der Waals surface area contributed by atoms with Crippen molar-refractivity contribution in [1.29, 1.82) is 0 Å². The predicted molar refractivity (Wildman–Crippen MR) is 43.8 cm³/mol. The lowest BCUT2D eigenvalue weighted by Gasteiger charge is -2.06. The highest BCUT2D eigenvalue weighted by Crippen LogP contribution is 1.82. The molecular weight excluding hydrogens is 172 g/mol. The van der Waals surface area contributed by atoms with Crippen molar-refractivity contribution in [2.24, 2.45) is 24.4 Å². The normalized spacial score (nSPS) is 13.8. The Kier molecular flexibility index (Phi) is 2.41. The number of nitrogens with zero attached hydrogens (tertiary/aromatic N) is 4. The Labute approximate surface area is 74.7 Å². The molecule has 6 heteroatoms. The third-order valence-corrected chi connectivity index (χ3v) is 1.86. The minimum absolute atomic E-state index is 0.304. The van der Waals surface area contributed by atoms with E-state index in [-0.39, 0.29) is 0 Å². The number of rotatable bonds is 0. The van der Waals surface area contributed by atoms with Gasteiger partial charge in [-0.25, -0.2) is 0 Å². The minimum Gasteiger partial charge on any atom is -0.409 e. The van der Waals surface area contributed by atoms with E-state index in [0.717, 1.165) is 5.56 Å². The van der Waals surface area contributed by atoms with Crippen LogP contribution in [-0.4, -0.2) is 19.5 Å².